The molecule has 0 radical (unpaired) electrons. The van der Waals surface area contributed by atoms with Gasteiger partial charge < -0.3 is 10.1 Å². The van der Waals surface area contributed by atoms with Crippen molar-refractivity contribution in [1.29, 1.82) is 0 Å². The minimum Gasteiger partial charge on any atom is -0.377 e. The van der Waals surface area contributed by atoms with Gasteiger partial charge in [0.15, 0.2) is 0 Å². The van der Waals surface area contributed by atoms with Crippen LogP contribution >= 0.6 is 0 Å². The lowest BCUT2D eigenvalue weighted by molar-refractivity contribution is 0.0276. The van der Waals surface area contributed by atoms with Gasteiger partial charge in [0, 0.05) is 20.2 Å². The van der Waals surface area contributed by atoms with E-state index in [-0.39, 0.29) is 11.4 Å². The van der Waals surface area contributed by atoms with E-state index < -0.39 is 21.4 Å². The van der Waals surface area contributed by atoms with Crippen molar-refractivity contribution in [2.24, 2.45) is 0 Å². The van der Waals surface area contributed by atoms with Gasteiger partial charge in [-0.15, -0.1) is 0 Å². The van der Waals surface area contributed by atoms with E-state index >= 15 is 0 Å². The summed E-state index contributed by atoms with van der Waals surface area (Å²) in [5.41, 5.74) is 0.0508. The van der Waals surface area contributed by atoms with Crippen LogP contribution in [0.4, 0.5) is 4.39 Å². The summed E-state index contributed by atoms with van der Waals surface area (Å²) in [6.45, 7) is 6.72. The van der Waals surface area contributed by atoms with E-state index in [1.54, 1.807) is 19.9 Å². The molecule has 1 aromatic carbocycles. The molecule has 0 spiro atoms. The van der Waals surface area contributed by atoms with Crippen LogP contribution in [0.25, 0.3) is 0 Å². The Morgan fingerprint density at radius 3 is 2.57 bits per heavy atom. The van der Waals surface area contributed by atoms with Crippen LogP contribution in [0, 0.1) is 5.82 Å². The Morgan fingerprint density at radius 2 is 2.00 bits per heavy atom. The molecule has 0 aliphatic rings. The standard InChI is InChI=1S/C14H23FN2O3S/c1-5-16-9-11-6-7-12(15)13(8-11)21(18,19)17-10-14(2,3)20-4/h6-8,16-17H,5,9-10H2,1-4H3. The maximum absolute atomic E-state index is 13.8. The Bertz CT molecular complexity index is 574. The third-order valence-corrected chi connectivity index (χ3v) is 4.52. The van der Waals surface area contributed by atoms with Crippen molar-refractivity contribution in [3.05, 3.63) is 29.6 Å². The van der Waals surface area contributed by atoms with Gasteiger partial charge in [-0.1, -0.05) is 13.0 Å². The number of methoxy groups -OCH3 is 1. The molecule has 0 atom stereocenters. The van der Waals surface area contributed by atoms with Crippen LogP contribution in [-0.2, 0) is 21.3 Å². The fourth-order valence-electron chi connectivity index (χ4n) is 1.55. The monoisotopic (exact) mass is 318 g/mol. The lowest BCUT2D eigenvalue weighted by atomic mass is 10.1. The van der Waals surface area contributed by atoms with Crippen LogP contribution in [0.5, 0.6) is 0 Å². The first-order valence-corrected chi connectivity index (χ1v) is 8.24. The average molecular weight is 318 g/mol. The van der Waals surface area contributed by atoms with E-state index in [0.717, 1.165) is 6.54 Å². The Morgan fingerprint density at radius 1 is 1.33 bits per heavy atom. The summed E-state index contributed by atoms with van der Waals surface area (Å²) >= 11 is 0. The van der Waals surface area contributed by atoms with Gasteiger partial charge in [-0.05, 0) is 38.1 Å². The Hall–Kier alpha value is -1.02. The van der Waals surface area contributed by atoms with Crippen molar-refractivity contribution in [2.75, 3.05) is 20.2 Å². The zero-order chi connectivity index (χ0) is 16.1. The number of hydrogen-bond donors (Lipinski definition) is 2. The summed E-state index contributed by atoms with van der Waals surface area (Å²) < 4.78 is 45.8. The van der Waals surface area contributed by atoms with Gasteiger partial charge in [0.1, 0.15) is 10.7 Å². The molecular formula is C14H23FN2O3S. The van der Waals surface area contributed by atoms with E-state index in [1.165, 1.54) is 19.2 Å². The molecule has 0 bridgehead atoms. The molecular weight excluding hydrogens is 295 g/mol. The van der Waals surface area contributed by atoms with Gasteiger partial charge in [0.2, 0.25) is 10.0 Å². The van der Waals surface area contributed by atoms with Gasteiger partial charge in [-0.25, -0.2) is 17.5 Å². The number of hydrogen-bond acceptors (Lipinski definition) is 4. The molecule has 0 amide bonds. The fourth-order valence-corrected chi connectivity index (χ4v) is 2.88. The third kappa shape index (κ3) is 5.35. The van der Waals surface area contributed by atoms with Gasteiger partial charge in [0.05, 0.1) is 5.60 Å². The highest BCUT2D eigenvalue weighted by atomic mass is 32.2. The molecule has 0 saturated heterocycles. The van der Waals surface area contributed by atoms with E-state index in [2.05, 4.69) is 10.0 Å². The zero-order valence-electron chi connectivity index (χ0n) is 12.9. The molecule has 0 aromatic heterocycles. The summed E-state index contributed by atoms with van der Waals surface area (Å²) in [6.07, 6.45) is 0. The minimum atomic E-state index is -3.91. The largest absolute Gasteiger partial charge is 0.377 e. The number of rotatable bonds is 8. The topological polar surface area (TPSA) is 67.4 Å². The molecule has 0 aliphatic heterocycles. The summed E-state index contributed by atoms with van der Waals surface area (Å²) in [7, 11) is -2.42. The van der Waals surface area contributed by atoms with Crippen LogP contribution in [0.15, 0.2) is 23.1 Å². The SMILES string of the molecule is CCNCc1ccc(F)c(S(=O)(=O)NCC(C)(C)OC)c1. The third-order valence-electron chi connectivity index (χ3n) is 3.10. The van der Waals surface area contributed by atoms with Crippen molar-refractivity contribution >= 4 is 10.0 Å². The number of sulfonamides is 1. The minimum absolute atomic E-state index is 0.0582. The number of ether oxygens (including phenoxy) is 1. The summed E-state index contributed by atoms with van der Waals surface area (Å²) in [4.78, 5) is -0.343. The molecule has 0 fully saturated rings. The van der Waals surface area contributed by atoms with E-state index in [9.17, 15) is 12.8 Å². The molecule has 7 heteroatoms. The average Bonchev–Trinajstić information content (AvgIpc) is 2.44. The molecule has 2 N–H and O–H groups in total. The van der Waals surface area contributed by atoms with Gasteiger partial charge in [-0.3, -0.25) is 0 Å². The molecule has 0 aliphatic carbocycles. The maximum Gasteiger partial charge on any atom is 0.243 e. The van der Waals surface area contributed by atoms with Gasteiger partial charge in [-0.2, -0.15) is 0 Å². The first kappa shape index (κ1) is 18.0. The van der Waals surface area contributed by atoms with Crippen molar-refractivity contribution in [3.8, 4) is 0 Å². The van der Waals surface area contributed by atoms with Crippen LogP contribution in [-0.4, -0.2) is 34.2 Å². The lowest BCUT2D eigenvalue weighted by Gasteiger charge is -2.23. The predicted octanol–water partition coefficient (Wildman–Crippen LogP) is 1.64. The Labute approximate surface area is 125 Å². The van der Waals surface area contributed by atoms with E-state index in [4.69, 9.17) is 4.74 Å². The number of halogens is 1. The molecule has 120 valence electrons. The summed E-state index contributed by atoms with van der Waals surface area (Å²) in [6, 6.07) is 4.08. The van der Waals surface area contributed by atoms with Crippen LogP contribution < -0.4 is 10.0 Å². The second-order valence-electron chi connectivity index (χ2n) is 5.33. The van der Waals surface area contributed by atoms with Crippen molar-refractivity contribution < 1.29 is 17.5 Å². The molecule has 0 saturated carbocycles. The summed E-state index contributed by atoms with van der Waals surface area (Å²) in [5, 5.41) is 3.07. The number of nitrogens with one attached hydrogen (secondary N) is 2. The zero-order valence-corrected chi connectivity index (χ0v) is 13.7. The normalized spacial score (nSPS) is 12.6. The van der Waals surface area contributed by atoms with Gasteiger partial charge in [0.25, 0.3) is 0 Å². The highest BCUT2D eigenvalue weighted by molar-refractivity contribution is 7.89. The maximum atomic E-state index is 13.8. The molecule has 1 rings (SSSR count). The Kier molecular flexibility index (Phi) is 6.27. The molecule has 5 nitrogen and oxygen atoms in total. The van der Waals surface area contributed by atoms with Crippen LogP contribution in [0.3, 0.4) is 0 Å². The Balaban J connectivity index is 2.96. The molecule has 0 unspecified atom stereocenters. The lowest BCUT2D eigenvalue weighted by Crippen LogP contribution is -2.39. The van der Waals surface area contributed by atoms with Crippen LogP contribution in [0.2, 0.25) is 0 Å². The molecule has 1 aromatic rings. The second-order valence-corrected chi connectivity index (χ2v) is 7.07. The van der Waals surface area contributed by atoms with Gasteiger partial charge >= 0.3 is 0 Å². The first-order chi connectivity index (χ1) is 9.72. The fraction of sp³-hybridized carbons (Fsp3) is 0.571. The quantitative estimate of drug-likeness (QED) is 0.765. The smallest absolute Gasteiger partial charge is 0.243 e. The van der Waals surface area contributed by atoms with E-state index in [1.807, 2.05) is 6.92 Å². The summed E-state index contributed by atoms with van der Waals surface area (Å²) in [5.74, 6) is -0.766. The highest BCUT2D eigenvalue weighted by Crippen LogP contribution is 2.17. The first-order valence-electron chi connectivity index (χ1n) is 6.76. The second kappa shape index (κ2) is 7.31. The molecule has 21 heavy (non-hydrogen) atoms. The highest BCUT2D eigenvalue weighted by Gasteiger charge is 2.24. The van der Waals surface area contributed by atoms with Crippen molar-refractivity contribution in [1.82, 2.24) is 10.0 Å². The number of benzene rings is 1. The van der Waals surface area contributed by atoms with Crippen molar-refractivity contribution in [3.63, 3.8) is 0 Å². The predicted molar refractivity (Wildman–Crippen MR) is 80.1 cm³/mol. The van der Waals surface area contributed by atoms with Crippen LogP contribution in [0.1, 0.15) is 26.3 Å². The molecule has 0 heterocycles. The van der Waals surface area contributed by atoms with E-state index in [0.29, 0.717) is 12.1 Å². The van der Waals surface area contributed by atoms with Crippen molar-refractivity contribution in [2.45, 2.75) is 37.8 Å².